The van der Waals surface area contributed by atoms with E-state index in [1.54, 1.807) is 0 Å². The molecule has 6 N–H and O–H groups in total. The Morgan fingerprint density at radius 3 is 1.18 bits per heavy atom. The van der Waals surface area contributed by atoms with Crippen LogP contribution in [-0.4, -0.2) is 87.5 Å². The van der Waals surface area contributed by atoms with Crippen LogP contribution in [0.15, 0.2) is 0 Å². The number of carbonyl (C=O) groups is 1. The molecule has 1 amide bonds. The van der Waals surface area contributed by atoms with Gasteiger partial charge in [0.05, 0.1) is 25.4 Å². The van der Waals surface area contributed by atoms with E-state index in [0.29, 0.717) is 12.8 Å². The molecule has 1 rings (SSSR count). The van der Waals surface area contributed by atoms with Gasteiger partial charge in [0.15, 0.2) is 6.29 Å². The molecule has 0 aliphatic carbocycles. The molecule has 0 aromatic carbocycles. The lowest BCUT2D eigenvalue weighted by Crippen LogP contribution is -2.60. The molecule has 7 unspecified atom stereocenters. The fourth-order valence-corrected chi connectivity index (χ4v) is 8.75. The molecular weight excluding hydrogens is 755 g/mol. The van der Waals surface area contributed by atoms with E-state index in [9.17, 15) is 30.3 Å². The predicted molar refractivity (Wildman–Crippen MR) is 249 cm³/mol. The number of hydrogen-bond donors (Lipinski definition) is 6. The zero-order valence-electron chi connectivity index (χ0n) is 39.5. The van der Waals surface area contributed by atoms with Crippen molar-refractivity contribution in [2.24, 2.45) is 0 Å². The highest BCUT2D eigenvalue weighted by molar-refractivity contribution is 5.76. The van der Waals surface area contributed by atoms with Crippen LogP contribution in [0.2, 0.25) is 0 Å². The third-order valence-corrected chi connectivity index (χ3v) is 13.0. The van der Waals surface area contributed by atoms with E-state index in [4.69, 9.17) is 9.47 Å². The topological polar surface area (TPSA) is 149 Å². The van der Waals surface area contributed by atoms with Crippen molar-refractivity contribution in [3.05, 3.63) is 0 Å². The molecule has 9 heteroatoms. The summed E-state index contributed by atoms with van der Waals surface area (Å²) in [5.41, 5.74) is 0. The summed E-state index contributed by atoms with van der Waals surface area (Å²) in [6.45, 7) is 3.81. The van der Waals surface area contributed by atoms with Crippen LogP contribution in [0.25, 0.3) is 0 Å². The highest BCUT2D eigenvalue weighted by Gasteiger charge is 2.44. The first-order chi connectivity index (χ1) is 29.3. The zero-order valence-corrected chi connectivity index (χ0v) is 39.5. The molecule has 0 aromatic rings. The largest absolute Gasteiger partial charge is 0.394 e. The van der Waals surface area contributed by atoms with Crippen molar-refractivity contribution in [2.45, 2.75) is 307 Å². The second-order valence-electron chi connectivity index (χ2n) is 18.7. The number of rotatable bonds is 45. The Morgan fingerprint density at radius 2 is 0.833 bits per heavy atom. The Balaban J connectivity index is 2.06. The first kappa shape index (κ1) is 57.2. The summed E-state index contributed by atoms with van der Waals surface area (Å²) >= 11 is 0. The van der Waals surface area contributed by atoms with Gasteiger partial charge in [-0.1, -0.05) is 245 Å². The van der Waals surface area contributed by atoms with Crippen LogP contribution >= 0.6 is 0 Å². The fourth-order valence-electron chi connectivity index (χ4n) is 8.75. The summed E-state index contributed by atoms with van der Waals surface area (Å²) in [6, 6.07) is -0.710. The van der Waals surface area contributed by atoms with Crippen molar-refractivity contribution >= 4 is 5.91 Å². The average Bonchev–Trinajstić information content (AvgIpc) is 3.25. The van der Waals surface area contributed by atoms with Crippen molar-refractivity contribution < 1.29 is 39.8 Å². The van der Waals surface area contributed by atoms with Crippen molar-refractivity contribution in [1.29, 1.82) is 0 Å². The van der Waals surface area contributed by atoms with E-state index in [0.717, 1.165) is 38.5 Å². The number of unbranched alkanes of at least 4 members (excludes halogenated alkanes) is 35. The number of aliphatic hydroxyl groups excluding tert-OH is 5. The fraction of sp³-hybridized carbons (Fsp3) is 0.980. The Morgan fingerprint density at radius 1 is 0.500 bits per heavy atom. The number of nitrogens with one attached hydrogen (secondary N) is 1. The summed E-state index contributed by atoms with van der Waals surface area (Å²) in [6.07, 6.45) is 41.7. The Bertz CT molecular complexity index is 908. The molecule has 0 spiro atoms. The van der Waals surface area contributed by atoms with Gasteiger partial charge in [0.25, 0.3) is 0 Å². The second kappa shape index (κ2) is 42.2. The quantitative estimate of drug-likeness (QED) is 0.0332. The molecule has 0 saturated carbocycles. The first-order valence-electron chi connectivity index (χ1n) is 26.2. The molecule has 0 radical (unpaired) electrons. The van der Waals surface area contributed by atoms with E-state index in [2.05, 4.69) is 19.2 Å². The van der Waals surface area contributed by atoms with E-state index < -0.39 is 49.5 Å². The first-order valence-corrected chi connectivity index (χ1v) is 26.2. The maximum absolute atomic E-state index is 12.8. The predicted octanol–water partition coefficient (Wildman–Crippen LogP) is 11.9. The summed E-state index contributed by atoms with van der Waals surface area (Å²) < 4.78 is 11.2. The molecule has 60 heavy (non-hydrogen) atoms. The minimum absolute atomic E-state index is 0.133. The van der Waals surface area contributed by atoms with Gasteiger partial charge in [-0.3, -0.25) is 4.79 Å². The summed E-state index contributed by atoms with van der Waals surface area (Å²) in [7, 11) is 0. The maximum Gasteiger partial charge on any atom is 0.220 e. The van der Waals surface area contributed by atoms with Crippen LogP contribution < -0.4 is 5.32 Å². The SMILES string of the molecule is CCCCCCCCCCCCCCCCCCCCCCCCCCCCCCCCC(O)C(COC1OC(CO)C(O)C(O)C1O)NC(=O)CCCCCCCCC. The van der Waals surface area contributed by atoms with Crippen molar-refractivity contribution in [2.75, 3.05) is 13.2 Å². The number of amides is 1. The number of ether oxygens (including phenoxy) is 2. The molecule has 7 atom stereocenters. The molecule has 1 aliphatic rings. The van der Waals surface area contributed by atoms with E-state index in [1.807, 2.05) is 0 Å². The van der Waals surface area contributed by atoms with Gasteiger partial charge in [0.1, 0.15) is 24.4 Å². The molecule has 0 aromatic heterocycles. The number of carbonyl (C=O) groups excluding carboxylic acids is 1. The highest BCUT2D eigenvalue weighted by Crippen LogP contribution is 2.23. The molecular formula is C51H101NO8. The Hall–Kier alpha value is -0.810. The Kier molecular flexibility index (Phi) is 40.2. The maximum atomic E-state index is 12.8. The van der Waals surface area contributed by atoms with Crippen LogP contribution in [0.3, 0.4) is 0 Å². The Labute approximate surface area is 370 Å². The van der Waals surface area contributed by atoms with Crippen molar-refractivity contribution in [3.63, 3.8) is 0 Å². The van der Waals surface area contributed by atoms with Gasteiger partial charge in [-0.15, -0.1) is 0 Å². The minimum atomic E-state index is -1.55. The van der Waals surface area contributed by atoms with Gasteiger partial charge in [-0.25, -0.2) is 0 Å². The molecule has 1 heterocycles. The van der Waals surface area contributed by atoms with Gasteiger partial charge in [0.2, 0.25) is 5.91 Å². The highest BCUT2D eigenvalue weighted by atomic mass is 16.7. The van der Waals surface area contributed by atoms with E-state index in [-0.39, 0.29) is 12.5 Å². The van der Waals surface area contributed by atoms with Crippen LogP contribution in [0, 0.1) is 0 Å². The molecule has 1 aliphatic heterocycles. The van der Waals surface area contributed by atoms with Gasteiger partial charge < -0.3 is 40.3 Å². The van der Waals surface area contributed by atoms with Gasteiger partial charge in [-0.2, -0.15) is 0 Å². The van der Waals surface area contributed by atoms with Crippen LogP contribution in [0.4, 0.5) is 0 Å². The van der Waals surface area contributed by atoms with Crippen molar-refractivity contribution in [3.8, 4) is 0 Å². The van der Waals surface area contributed by atoms with Gasteiger partial charge in [0, 0.05) is 6.42 Å². The molecule has 1 fully saturated rings. The van der Waals surface area contributed by atoms with E-state index in [1.165, 1.54) is 199 Å². The smallest absolute Gasteiger partial charge is 0.220 e. The minimum Gasteiger partial charge on any atom is -0.394 e. The van der Waals surface area contributed by atoms with Gasteiger partial charge >= 0.3 is 0 Å². The standard InChI is InChI=1S/C51H101NO8/c1-3-5-7-9-11-12-13-14-15-16-17-18-19-20-21-22-23-24-25-26-27-28-29-30-31-32-33-35-36-38-40-45(54)44(52-47(55)41-39-37-34-10-8-6-4-2)43-59-51-50(58)49(57)48(56)46(42-53)60-51/h44-46,48-51,53-54,56-58H,3-43H2,1-2H3,(H,52,55). The summed E-state index contributed by atoms with van der Waals surface area (Å²) in [4.78, 5) is 12.8. The lowest BCUT2D eigenvalue weighted by Gasteiger charge is -2.40. The monoisotopic (exact) mass is 856 g/mol. The van der Waals surface area contributed by atoms with E-state index >= 15 is 0 Å². The lowest BCUT2D eigenvalue weighted by molar-refractivity contribution is -0.302. The molecule has 358 valence electrons. The van der Waals surface area contributed by atoms with Crippen LogP contribution in [0.5, 0.6) is 0 Å². The second-order valence-corrected chi connectivity index (χ2v) is 18.7. The lowest BCUT2D eigenvalue weighted by atomic mass is 9.99. The summed E-state index contributed by atoms with van der Waals surface area (Å²) in [5, 5.41) is 54.2. The van der Waals surface area contributed by atoms with Crippen LogP contribution in [-0.2, 0) is 14.3 Å². The average molecular weight is 856 g/mol. The third-order valence-electron chi connectivity index (χ3n) is 13.0. The number of aliphatic hydroxyl groups is 5. The number of hydrogen-bond acceptors (Lipinski definition) is 8. The van der Waals surface area contributed by atoms with Crippen molar-refractivity contribution in [1.82, 2.24) is 5.32 Å². The molecule has 0 bridgehead atoms. The third kappa shape index (κ3) is 31.9. The summed E-state index contributed by atoms with van der Waals surface area (Å²) in [5.74, 6) is -0.147. The normalized spacial score (nSPS) is 20.4. The molecule has 9 nitrogen and oxygen atoms in total. The van der Waals surface area contributed by atoms with Gasteiger partial charge in [-0.05, 0) is 12.8 Å². The molecule has 1 saturated heterocycles. The van der Waals surface area contributed by atoms with Crippen LogP contribution in [0.1, 0.15) is 264 Å². The zero-order chi connectivity index (χ0) is 43.7.